The lowest BCUT2D eigenvalue weighted by Gasteiger charge is -2.15. The summed E-state index contributed by atoms with van der Waals surface area (Å²) in [4.78, 5) is 39.3. The number of nitrogens with one attached hydrogen (secondary N) is 2. The van der Waals surface area contributed by atoms with Gasteiger partial charge in [-0.1, -0.05) is 24.2 Å². The molecule has 2 N–H and O–H groups in total. The van der Waals surface area contributed by atoms with E-state index in [1.807, 2.05) is 36.4 Å². The van der Waals surface area contributed by atoms with Gasteiger partial charge in [-0.05, 0) is 61.0 Å². The maximum absolute atomic E-state index is 12.8. The molecule has 0 saturated carbocycles. The van der Waals surface area contributed by atoms with E-state index in [4.69, 9.17) is 16.3 Å². The minimum atomic E-state index is -0.278. The molecule has 1 saturated heterocycles. The number of amides is 2. The quantitative estimate of drug-likeness (QED) is 0.311. The summed E-state index contributed by atoms with van der Waals surface area (Å²) >= 11 is 6.47. The van der Waals surface area contributed by atoms with Crippen molar-refractivity contribution in [1.29, 1.82) is 0 Å². The van der Waals surface area contributed by atoms with Crippen molar-refractivity contribution in [1.82, 2.24) is 19.9 Å². The summed E-state index contributed by atoms with van der Waals surface area (Å²) in [6.07, 6.45) is 5.06. The van der Waals surface area contributed by atoms with Crippen LogP contribution in [0.5, 0.6) is 5.75 Å². The number of ether oxygens (including phenoxy) is 1. The summed E-state index contributed by atoms with van der Waals surface area (Å²) in [6.45, 7) is 4.74. The zero-order chi connectivity index (χ0) is 26.5. The van der Waals surface area contributed by atoms with Gasteiger partial charge in [0.25, 0.3) is 0 Å². The number of benzene rings is 2. The first-order valence-corrected chi connectivity index (χ1v) is 12.4. The van der Waals surface area contributed by atoms with Crippen LogP contribution in [0.3, 0.4) is 0 Å². The fourth-order valence-electron chi connectivity index (χ4n) is 4.25. The van der Waals surface area contributed by atoms with E-state index in [1.165, 1.54) is 12.4 Å². The number of rotatable bonds is 8. The Bertz CT molecular complexity index is 1500. The zero-order valence-corrected chi connectivity index (χ0v) is 21.2. The summed E-state index contributed by atoms with van der Waals surface area (Å²) in [6, 6.07) is 16.5. The number of anilines is 3. The van der Waals surface area contributed by atoms with Crippen molar-refractivity contribution in [2.24, 2.45) is 5.92 Å². The van der Waals surface area contributed by atoms with Crippen LogP contribution in [0, 0.1) is 5.92 Å². The Hall–Kier alpha value is -4.50. The smallest absolute Gasteiger partial charge is 0.245 e. The number of aromatic nitrogens is 3. The molecule has 5 rings (SSSR count). The third-order valence-corrected chi connectivity index (χ3v) is 6.54. The number of likely N-dealkylation sites (tertiary alicyclic amines) is 1. The number of carbonyl (C=O) groups is 2. The average molecular weight is 529 g/mol. The largest absolute Gasteiger partial charge is 0.486 e. The van der Waals surface area contributed by atoms with E-state index in [-0.39, 0.29) is 17.7 Å². The first-order chi connectivity index (χ1) is 18.5. The third kappa shape index (κ3) is 5.73. The predicted octanol–water partition coefficient (Wildman–Crippen LogP) is 4.97. The molecule has 192 valence electrons. The van der Waals surface area contributed by atoms with Crippen LogP contribution in [0.1, 0.15) is 12.1 Å². The van der Waals surface area contributed by atoms with Crippen molar-refractivity contribution in [3.8, 4) is 5.75 Å². The number of carbonyl (C=O) groups excluding carboxylic acids is 2. The average Bonchev–Trinajstić information content (AvgIpc) is 3.44. The summed E-state index contributed by atoms with van der Waals surface area (Å²) in [5, 5.41) is 7.41. The number of halogens is 1. The van der Waals surface area contributed by atoms with Crippen molar-refractivity contribution in [2.45, 2.75) is 13.0 Å². The highest BCUT2D eigenvalue weighted by atomic mass is 35.5. The normalized spacial score (nSPS) is 14.8. The maximum atomic E-state index is 12.8. The molecular formula is C28H25ClN6O3. The monoisotopic (exact) mass is 528 g/mol. The highest BCUT2D eigenvalue weighted by Crippen LogP contribution is 2.31. The van der Waals surface area contributed by atoms with Crippen LogP contribution < -0.4 is 15.4 Å². The molecule has 1 fully saturated rings. The fraction of sp³-hybridized carbons (Fsp3) is 0.179. The molecule has 0 radical (unpaired) electrons. The second-order valence-electron chi connectivity index (χ2n) is 8.80. The van der Waals surface area contributed by atoms with Gasteiger partial charge in [-0.2, -0.15) is 0 Å². The van der Waals surface area contributed by atoms with E-state index in [0.717, 1.165) is 11.1 Å². The van der Waals surface area contributed by atoms with Crippen LogP contribution in [0.4, 0.5) is 17.2 Å². The molecule has 2 aromatic heterocycles. The molecule has 1 aliphatic rings. The van der Waals surface area contributed by atoms with E-state index in [1.54, 1.807) is 29.3 Å². The lowest BCUT2D eigenvalue weighted by Crippen LogP contribution is -2.30. The molecule has 1 atom stereocenters. The molecule has 0 unspecified atom stereocenters. The molecular weight excluding hydrogens is 504 g/mol. The van der Waals surface area contributed by atoms with Gasteiger partial charge in [0.1, 0.15) is 24.5 Å². The molecule has 2 amide bonds. The van der Waals surface area contributed by atoms with Crippen molar-refractivity contribution in [3.63, 3.8) is 0 Å². The Balaban J connectivity index is 1.29. The van der Waals surface area contributed by atoms with Crippen molar-refractivity contribution in [3.05, 3.63) is 90.5 Å². The molecule has 3 heterocycles. The van der Waals surface area contributed by atoms with Gasteiger partial charge in [-0.15, -0.1) is 0 Å². The standard InChI is InChI=1S/C28H25ClN6O3/c1-2-26(36)35-12-10-18(15-35)28(37)34-19-6-8-24-22(13-19)27(32-17-31-24)33-20-7-9-25(23(29)14-20)38-16-21-5-3-4-11-30-21/h2-9,11,13-14,17-18H,1,10,12,15-16H2,(H,34,37)(H,31,32,33)/t18-/m0/s1. The number of nitrogens with zero attached hydrogens (tertiary/aromatic N) is 4. The van der Waals surface area contributed by atoms with Crippen LogP contribution in [0.25, 0.3) is 10.9 Å². The molecule has 0 bridgehead atoms. The lowest BCUT2D eigenvalue weighted by molar-refractivity contribution is -0.125. The van der Waals surface area contributed by atoms with Crippen LogP contribution in [0.15, 0.2) is 79.8 Å². The maximum Gasteiger partial charge on any atom is 0.245 e. The van der Waals surface area contributed by atoms with Crippen molar-refractivity contribution in [2.75, 3.05) is 23.7 Å². The molecule has 0 aliphatic carbocycles. The second-order valence-corrected chi connectivity index (χ2v) is 9.20. The van der Waals surface area contributed by atoms with E-state index in [2.05, 4.69) is 32.2 Å². The van der Waals surface area contributed by atoms with E-state index in [9.17, 15) is 9.59 Å². The van der Waals surface area contributed by atoms with Gasteiger partial charge in [0, 0.05) is 36.0 Å². The second kappa shape index (κ2) is 11.3. The first-order valence-electron chi connectivity index (χ1n) is 12.1. The van der Waals surface area contributed by atoms with Crippen LogP contribution in [0.2, 0.25) is 5.02 Å². The van der Waals surface area contributed by atoms with E-state index in [0.29, 0.717) is 59.6 Å². The number of hydrogen-bond donors (Lipinski definition) is 2. The van der Waals surface area contributed by atoms with Crippen molar-refractivity contribution >= 4 is 51.5 Å². The van der Waals surface area contributed by atoms with Gasteiger partial charge in [0.05, 0.1) is 22.2 Å². The van der Waals surface area contributed by atoms with Gasteiger partial charge in [-0.3, -0.25) is 14.6 Å². The Morgan fingerprint density at radius 1 is 1.11 bits per heavy atom. The summed E-state index contributed by atoms with van der Waals surface area (Å²) in [7, 11) is 0. The van der Waals surface area contributed by atoms with Gasteiger partial charge >= 0.3 is 0 Å². The van der Waals surface area contributed by atoms with Crippen LogP contribution in [-0.4, -0.2) is 44.8 Å². The molecule has 38 heavy (non-hydrogen) atoms. The van der Waals surface area contributed by atoms with Gasteiger partial charge in [-0.25, -0.2) is 9.97 Å². The first kappa shape index (κ1) is 25.2. The molecule has 10 heteroatoms. The van der Waals surface area contributed by atoms with Crippen LogP contribution >= 0.6 is 11.6 Å². The summed E-state index contributed by atoms with van der Waals surface area (Å²) in [5.41, 5.74) is 2.85. The molecule has 2 aromatic carbocycles. The fourth-order valence-corrected chi connectivity index (χ4v) is 4.48. The van der Waals surface area contributed by atoms with Gasteiger partial charge < -0.3 is 20.3 Å². The van der Waals surface area contributed by atoms with Gasteiger partial charge in [0.15, 0.2) is 0 Å². The SMILES string of the molecule is C=CC(=O)N1CC[C@H](C(=O)Nc2ccc3ncnc(Nc4ccc(OCc5ccccn5)c(Cl)c4)c3c2)C1. The minimum Gasteiger partial charge on any atom is -0.486 e. The van der Waals surface area contributed by atoms with Crippen LogP contribution in [-0.2, 0) is 16.2 Å². The Morgan fingerprint density at radius 2 is 1.97 bits per heavy atom. The molecule has 1 aliphatic heterocycles. The Labute approximate surface area is 224 Å². The van der Waals surface area contributed by atoms with Crippen molar-refractivity contribution < 1.29 is 14.3 Å². The summed E-state index contributed by atoms with van der Waals surface area (Å²) < 4.78 is 5.80. The highest BCUT2D eigenvalue weighted by molar-refractivity contribution is 6.32. The summed E-state index contributed by atoms with van der Waals surface area (Å²) in [5.74, 6) is 0.531. The Kier molecular flexibility index (Phi) is 7.46. The number of hydrogen-bond acceptors (Lipinski definition) is 7. The Morgan fingerprint density at radius 3 is 2.76 bits per heavy atom. The number of pyridine rings is 1. The van der Waals surface area contributed by atoms with E-state index < -0.39 is 0 Å². The number of fused-ring (bicyclic) bond motifs is 1. The lowest BCUT2D eigenvalue weighted by atomic mass is 10.1. The predicted molar refractivity (Wildman–Crippen MR) is 146 cm³/mol. The van der Waals surface area contributed by atoms with E-state index >= 15 is 0 Å². The topological polar surface area (TPSA) is 109 Å². The highest BCUT2D eigenvalue weighted by Gasteiger charge is 2.30. The molecule has 4 aromatic rings. The zero-order valence-electron chi connectivity index (χ0n) is 20.4. The molecule has 9 nitrogen and oxygen atoms in total. The minimum absolute atomic E-state index is 0.136. The third-order valence-electron chi connectivity index (χ3n) is 6.24. The molecule has 0 spiro atoms. The van der Waals surface area contributed by atoms with Gasteiger partial charge in [0.2, 0.25) is 11.8 Å².